The van der Waals surface area contributed by atoms with Gasteiger partial charge in [-0.25, -0.2) is 0 Å². The fraction of sp³-hybridized carbons (Fsp3) is 0.118. The largest absolute Gasteiger partial charge is 0.347 e. The Hall–Kier alpha value is -2.35. The maximum atomic E-state index is 12.1. The summed E-state index contributed by atoms with van der Waals surface area (Å²) in [7, 11) is 0. The van der Waals surface area contributed by atoms with Gasteiger partial charge in [0.25, 0.3) is 0 Å². The molecule has 94 valence electrons. The number of aryl methyl sites for hydroxylation is 1. The number of ketones is 1. The number of para-hydroxylation sites is 1. The highest BCUT2D eigenvalue weighted by molar-refractivity contribution is 5.96. The van der Waals surface area contributed by atoms with Gasteiger partial charge in [-0.3, -0.25) is 4.79 Å². The van der Waals surface area contributed by atoms with Crippen LogP contribution in [0.15, 0.2) is 66.9 Å². The van der Waals surface area contributed by atoms with Crippen LogP contribution in [0.1, 0.15) is 16.8 Å². The number of fused-ring (bicyclic) bond motifs is 1. The number of nitrogens with zero attached hydrogens (tertiary/aromatic N) is 1. The molecular formula is C17H15NO. The smallest absolute Gasteiger partial charge is 0.164 e. The molecule has 0 saturated carbocycles. The van der Waals surface area contributed by atoms with Crippen LogP contribution in [-0.4, -0.2) is 10.4 Å². The van der Waals surface area contributed by atoms with Gasteiger partial charge in [-0.1, -0.05) is 48.5 Å². The molecule has 0 radical (unpaired) electrons. The maximum absolute atomic E-state index is 12.1. The molecule has 0 amide bonds. The summed E-state index contributed by atoms with van der Waals surface area (Å²) in [6.07, 6.45) is 2.58. The third-order valence-corrected chi connectivity index (χ3v) is 3.36. The molecule has 0 N–H and O–H groups in total. The van der Waals surface area contributed by atoms with Gasteiger partial charge in [0, 0.05) is 30.2 Å². The van der Waals surface area contributed by atoms with E-state index in [1.54, 1.807) is 0 Å². The van der Waals surface area contributed by atoms with Crippen molar-refractivity contribution < 1.29 is 4.79 Å². The second-order valence-electron chi connectivity index (χ2n) is 4.61. The number of carbonyl (C=O) groups excluding carboxylic acids is 1. The number of carbonyl (C=O) groups is 1. The highest BCUT2D eigenvalue weighted by Gasteiger charge is 2.06. The fourth-order valence-corrected chi connectivity index (χ4v) is 2.33. The number of benzene rings is 2. The van der Waals surface area contributed by atoms with Gasteiger partial charge in [-0.05, 0) is 17.5 Å². The number of Topliss-reactive ketones (excluding diaryl/α,β-unsaturated/α-hetero) is 1. The van der Waals surface area contributed by atoms with E-state index in [0.29, 0.717) is 6.42 Å². The quantitative estimate of drug-likeness (QED) is 0.642. The van der Waals surface area contributed by atoms with E-state index >= 15 is 0 Å². The molecule has 0 aliphatic rings. The average Bonchev–Trinajstić information content (AvgIpc) is 2.89. The van der Waals surface area contributed by atoms with E-state index in [1.165, 1.54) is 10.9 Å². The van der Waals surface area contributed by atoms with Crippen molar-refractivity contribution in [1.29, 1.82) is 0 Å². The monoisotopic (exact) mass is 249 g/mol. The van der Waals surface area contributed by atoms with Crippen LogP contribution in [0.2, 0.25) is 0 Å². The van der Waals surface area contributed by atoms with E-state index in [-0.39, 0.29) is 5.78 Å². The third kappa shape index (κ3) is 2.43. The molecule has 2 nitrogen and oxygen atoms in total. The van der Waals surface area contributed by atoms with Gasteiger partial charge in [-0.15, -0.1) is 0 Å². The summed E-state index contributed by atoms with van der Waals surface area (Å²) < 4.78 is 2.14. The Morgan fingerprint density at radius 2 is 1.63 bits per heavy atom. The van der Waals surface area contributed by atoms with Crippen LogP contribution < -0.4 is 0 Å². The lowest BCUT2D eigenvalue weighted by molar-refractivity contribution is 0.0977. The predicted molar refractivity (Wildman–Crippen MR) is 77.3 cm³/mol. The van der Waals surface area contributed by atoms with Gasteiger partial charge in [0.15, 0.2) is 5.78 Å². The van der Waals surface area contributed by atoms with Gasteiger partial charge >= 0.3 is 0 Å². The third-order valence-electron chi connectivity index (χ3n) is 3.36. The fourth-order valence-electron chi connectivity index (χ4n) is 2.33. The zero-order valence-electron chi connectivity index (χ0n) is 10.6. The molecular weight excluding hydrogens is 234 g/mol. The molecule has 0 aliphatic heterocycles. The molecule has 0 fully saturated rings. The molecule has 0 unspecified atom stereocenters. The lowest BCUT2D eigenvalue weighted by atomic mass is 10.1. The summed E-state index contributed by atoms with van der Waals surface area (Å²) in [5, 5.41) is 1.22. The standard InChI is InChI=1S/C17H15NO/c19-17(15-7-2-1-3-8-15)11-13-18-12-10-14-6-4-5-9-16(14)18/h1-10,12H,11,13H2. The summed E-state index contributed by atoms with van der Waals surface area (Å²) in [5.74, 6) is 0.193. The Labute approximate surface area is 112 Å². The van der Waals surface area contributed by atoms with Crippen LogP contribution in [0.4, 0.5) is 0 Å². The van der Waals surface area contributed by atoms with Crippen molar-refractivity contribution >= 4 is 16.7 Å². The molecule has 2 aromatic carbocycles. The van der Waals surface area contributed by atoms with E-state index in [4.69, 9.17) is 0 Å². The summed E-state index contributed by atoms with van der Waals surface area (Å²) in [4.78, 5) is 12.1. The SMILES string of the molecule is O=C(CCn1ccc2ccccc21)c1ccccc1. The van der Waals surface area contributed by atoms with E-state index in [9.17, 15) is 4.79 Å². The molecule has 3 rings (SSSR count). The van der Waals surface area contributed by atoms with E-state index in [1.807, 2.05) is 48.7 Å². The van der Waals surface area contributed by atoms with Gasteiger partial charge < -0.3 is 4.57 Å². The second kappa shape index (κ2) is 5.11. The lowest BCUT2D eigenvalue weighted by Gasteiger charge is -2.05. The van der Waals surface area contributed by atoms with E-state index in [0.717, 1.165) is 12.1 Å². The number of hydrogen-bond acceptors (Lipinski definition) is 1. The van der Waals surface area contributed by atoms with Crippen molar-refractivity contribution in [1.82, 2.24) is 4.57 Å². The van der Waals surface area contributed by atoms with Crippen LogP contribution in [0.5, 0.6) is 0 Å². The summed E-state index contributed by atoms with van der Waals surface area (Å²) in [6.45, 7) is 0.723. The van der Waals surface area contributed by atoms with Gasteiger partial charge in [0.05, 0.1) is 0 Å². The van der Waals surface area contributed by atoms with Crippen molar-refractivity contribution in [2.45, 2.75) is 13.0 Å². The molecule has 0 bridgehead atoms. The van der Waals surface area contributed by atoms with Crippen molar-refractivity contribution in [3.8, 4) is 0 Å². The summed E-state index contributed by atoms with van der Waals surface area (Å²) in [5.41, 5.74) is 1.97. The molecule has 0 atom stereocenters. The Morgan fingerprint density at radius 3 is 2.47 bits per heavy atom. The summed E-state index contributed by atoms with van der Waals surface area (Å²) >= 11 is 0. The maximum Gasteiger partial charge on any atom is 0.164 e. The van der Waals surface area contributed by atoms with Crippen LogP contribution in [0.3, 0.4) is 0 Å². The molecule has 1 heterocycles. The topological polar surface area (TPSA) is 22.0 Å². The highest BCUT2D eigenvalue weighted by atomic mass is 16.1. The number of hydrogen-bond donors (Lipinski definition) is 0. The molecule has 19 heavy (non-hydrogen) atoms. The molecule has 0 spiro atoms. The van der Waals surface area contributed by atoms with Crippen molar-refractivity contribution in [2.24, 2.45) is 0 Å². The zero-order valence-corrected chi connectivity index (χ0v) is 10.6. The Morgan fingerprint density at radius 1 is 0.895 bits per heavy atom. The summed E-state index contributed by atoms with van der Waals surface area (Å²) in [6, 6.07) is 19.8. The van der Waals surface area contributed by atoms with Crippen LogP contribution in [-0.2, 0) is 6.54 Å². The predicted octanol–water partition coefficient (Wildman–Crippen LogP) is 3.91. The highest BCUT2D eigenvalue weighted by Crippen LogP contribution is 2.16. The zero-order chi connectivity index (χ0) is 13.1. The first kappa shape index (κ1) is 11.7. The molecule has 0 aliphatic carbocycles. The van der Waals surface area contributed by atoms with Crippen LogP contribution >= 0.6 is 0 Å². The minimum absolute atomic E-state index is 0.193. The van der Waals surface area contributed by atoms with Crippen LogP contribution in [0, 0.1) is 0 Å². The lowest BCUT2D eigenvalue weighted by Crippen LogP contribution is -2.05. The minimum atomic E-state index is 0.193. The average molecular weight is 249 g/mol. The number of rotatable bonds is 4. The van der Waals surface area contributed by atoms with E-state index < -0.39 is 0 Å². The first-order valence-electron chi connectivity index (χ1n) is 6.47. The Balaban J connectivity index is 1.75. The first-order valence-corrected chi connectivity index (χ1v) is 6.47. The van der Waals surface area contributed by atoms with E-state index in [2.05, 4.69) is 22.8 Å². The Bertz CT molecular complexity index is 697. The van der Waals surface area contributed by atoms with Crippen molar-refractivity contribution in [3.63, 3.8) is 0 Å². The molecule has 0 saturated heterocycles. The van der Waals surface area contributed by atoms with Gasteiger partial charge in [0.2, 0.25) is 0 Å². The Kier molecular flexibility index (Phi) is 3.15. The van der Waals surface area contributed by atoms with Gasteiger partial charge in [0.1, 0.15) is 0 Å². The van der Waals surface area contributed by atoms with Crippen molar-refractivity contribution in [3.05, 3.63) is 72.4 Å². The van der Waals surface area contributed by atoms with Crippen LogP contribution in [0.25, 0.3) is 10.9 Å². The second-order valence-corrected chi connectivity index (χ2v) is 4.61. The minimum Gasteiger partial charge on any atom is -0.347 e. The van der Waals surface area contributed by atoms with Crippen molar-refractivity contribution in [2.75, 3.05) is 0 Å². The molecule has 3 aromatic rings. The normalized spacial score (nSPS) is 10.7. The molecule has 1 aromatic heterocycles. The number of aromatic nitrogens is 1. The van der Waals surface area contributed by atoms with Gasteiger partial charge in [-0.2, -0.15) is 0 Å². The molecule has 2 heteroatoms. The first-order chi connectivity index (χ1) is 9.34.